The zero-order valence-electron chi connectivity index (χ0n) is 10.6. The van der Waals surface area contributed by atoms with Crippen LogP contribution in [-0.4, -0.2) is 44.3 Å². The normalized spacial score (nSPS) is 22.7. The summed E-state index contributed by atoms with van der Waals surface area (Å²) in [5.41, 5.74) is 0. The molecule has 0 aromatic heterocycles. The van der Waals surface area contributed by atoms with Gasteiger partial charge in [-0.3, -0.25) is 19.2 Å². The maximum Gasteiger partial charge on any atom is 0.318 e. The molecule has 0 atom stereocenters. The van der Waals surface area contributed by atoms with Crippen LogP contribution in [0.25, 0.3) is 0 Å². The lowest BCUT2D eigenvalue weighted by Crippen LogP contribution is -2.38. The molecule has 0 bridgehead atoms. The van der Waals surface area contributed by atoms with Gasteiger partial charge in [0.15, 0.2) is 11.8 Å². The van der Waals surface area contributed by atoms with Gasteiger partial charge in [0.1, 0.15) is 0 Å². The molecule has 1 saturated carbocycles. The minimum absolute atomic E-state index is 0.199. The van der Waals surface area contributed by atoms with Crippen molar-refractivity contribution in [3.63, 3.8) is 0 Å². The minimum Gasteiger partial charge on any atom is -0.481 e. The van der Waals surface area contributed by atoms with Gasteiger partial charge in [0.25, 0.3) is 0 Å². The maximum atomic E-state index is 10.9. The summed E-state index contributed by atoms with van der Waals surface area (Å²) in [4.78, 5) is 43.6. The van der Waals surface area contributed by atoms with Gasteiger partial charge in [-0.1, -0.05) is 0 Å². The predicted molar refractivity (Wildman–Crippen MR) is 63.0 cm³/mol. The van der Waals surface area contributed by atoms with E-state index in [-0.39, 0.29) is 25.7 Å². The highest BCUT2D eigenvalue weighted by Gasteiger charge is 2.42. The van der Waals surface area contributed by atoms with Crippen molar-refractivity contribution in [3.05, 3.63) is 0 Å². The second-order valence-electron chi connectivity index (χ2n) is 4.98. The molecule has 4 N–H and O–H groups in total. The zero-order valence-corrected chi connectivity index (χ0v) is 10.6. The van der Waals surface area contributed by atoms with Crippen LogP contribution in [0.2, 0.25) is 0 Å². The van der Waals surface area contributed by atoms with Crippen molar-refractivity contribution in [3.8, 4) is 0 Å². The molecule has 0 saturated heterocycles. The van der Waals surface area contributed by atoms with Crippen molar-refractivity contribution in [1.29, 1.82) is 0 Å². The summed E-state index contributed by atoms with van der Waals surface area (Å²) >= 11 is 0. The highest BCUT2D eigenvalue weighted by atomic mass is 16.4. The Morgan fingerprint density at radius 2 is 0.800 bits per heavy atom. The molecule has 1 aliphatic rings. The summed E-state index contributed by atoms with van der Waals surface area (Å²) in [6.07, 6.45) is 0.798. The van der Waals surface area contributed by atoms with Crippen LogP contribution in [0.1, 0.15) is 25.7 Å². The van der Waals surface area contributed by atoms with Gasteiger partial charge in [0, 0.05) is 0 Å². The third-order valence-electron chi connectivity index (χ3n) is 3.82. The van der Waals surface area contributed by atoms with Crippen molar-refractivity contribution in [2.45, 2.75) is 25.7 Å². The smallest absolute Gasteiger partial charge is 0.318 e. The Kier molecular flexibility index (Phi) is 5.06. The van der Waals surface area contributed by atoms with Crippen molar-refractivity contribution in [1.82, 2.24) is 0 Å². The average Bonchev–Trinajstić information content (AvgIpc) is 2.29. The number of aliphatic carboxylic acids is 4. The molecule has 0 radical (unpaired) electrons. The Bertz CT molecular complexity index is 353. The Morgan fingerprint density at radius 3 is 0.950 bits per heavy atom. The van der Waals surface area contributed by atoms with E-state index in [1.54, 1.807) is 0 Å². The molecular weight excluding hydrogens is 272 g/mol. The monoisotopic (exact) mass is 288 g/mol. The fourth-order valence-corrected chi connectivity index (χ4v) is 2.83. The fraction of sp³-hybridized carbons (Fsp3) is 0.667. The van der Waals surface area contributed by atoms with Gasteiger partial charge >= 0.3 is 23.9 Å². The van der Waals surface area contributed by atoms with Crippen LogP contribution in [0.3, 0.4) is 0 Å². The van der Waals surface area contributed by atoms with Gasteiger partial charge in [-0.25, -0.2) is 0 Å². The number of carboxylic acid groups (broad SMARTS) is 4. The molecule has 20 heavy (non-hydrogen) atoms. The van der Waals surface area contributed by atoms with Crippen LogP contribution in [0, 0.1) is 23.7 Å². The first-order valence-electron chi connectivity index (χ1n) is 6.17. The van der Waals surface area contributed by atoms with Gasteiger partial charge in [0.2, 0.25) is 0 Å². The fourth-order valence-electron chi connectivity index (χ4n) is 2.83. The van der Waals surface area contributed by atoms with E-state index in [0.29, 0.717) is 0 Å². The van der Waals surface area contributed by atoms with Gasteiger partial charge in [-0.05, 0) is 37.5 Å². The first kappa shape index (κ1) is 15.9. The molecule has 1 rings (SSSR count). The molecule has 0 aromatic rings. The maximum absolute atomic E-state index is 10.9. The number of hydrogen-bond donors (Lipinski definition) is 4. The van der Waals surface area contributed by atoms with E-state index in [4.69, 9.17) is 20.4 Å². The lowest BCUT2D eigenvalue weighted by atomic mass is 9.72. The molecule has 0 amide bonds. The third kappa shape index (κ3) is 3.46. The van der Waals surface area contributed by atoms with Crippen molar-refractivity contribution in [2.75, 3.05) is 0 Å². The first-order chi connectivity index (χ1) is 9.25. The standard InChI is InChI=1S/C12H16O8/c13-9(14)7(10(15)16)5-1-2-6(4-3-5)8(11(17)18)12(19)20/h5-8H,1-4H2,(H,13,14)(H,15,16)(H,17,18)(H,19,20). The Hall–Kier alpha value is -2.12. The minimum atomic E-state index is -1.52. The lowest BCUT2D eigenvalue weighted by molar-refractivity contribution is -0.162. The van der Waals surface area contributed by atoms with Crippen LogP contribution in [0.5, 0.6) is 0 Å². The summed E-state index contributed by atoms with van der Waals surface area (Å²) in [6.45, 7) is 0. The molecule has 1 fully saturated rings. The molecule has 1 aliphatic carbocycles. The highest BCUT2D eigenvalue weighted by molar-refractivity contribution is 5.94. The predicted octanol–water partition coefficient (Wildman–Crippen LogP) is 0.364. The Labute approximate surface area is 114 Å². The number of hydrogen-bond acceptors (Lipinski definition) is 4. The molecule has 0 aromatic carbocycles. The van der Waals surface area contributed by atoms with E-state index in [1.807, 2.05) is 0 Å². The molecule has 112 valence electrons. The number of carbonyl (C=O) groups is 4. The molecular formula is C12H16O8. The molecule has 0 unspecified atom stereocenters. The third-order valence-corrected chi connectivity index (χ3v) is 3.82. The molecule has 0 spiro atoms. The van der Waals surface area contributed by atoms with E-state index in [9.17, 15) is 19.2 Å². The van der Waals surface area contributed by atoms with E-state index < -0.39 is 47.5 Å². The second kappa shape index (κ2) is 6.36. The van der Waals surface area contributed by atoms with Gasteiger partial charge in [-0.15, -0.1) is 0 Å². The van der Waals surface area contributed by atoms with Crippen molar-refractivity contribution < 1.29 is 39.6 Å². The summed E-state index contributed by atoms with van der Waals surface area (Å²) in [5.74, 6) is -9.92. The van der Waals surface area contributed by atoms with E-state index >= 15 is 0 Å². The highest BCUT2D eigenvalue weighted by Crippen LogP contribution is 2.37. The quantitative estimate of drug-likeness (QED) is 0.512. The van der Waals surface area contributed by atoms with Gasteiger partial charge in [-0.2, -0.15) is 0 Å². The van der Waals surface area contributed by atoms with E-state index in [0.717, 1.165) is 0 Å². The van der Waals surface area contributed by atoms with Gasteiger partial charge in [0.05, 0.1) is 0 Å². The topological polar surface area (TPSA) is 149 Å². The largest absolute Gasteiger partial charge is 0.481 e. The van der Waals surface area contributed by atoms with E-state index in [2.05, 4.69) is 0 Å². The average molecular weight is 288 g/mol. The molecule has 0 heterocycles. The van der Waals surface area contributed by atoms with Crippen LogP contribution in [0.15, 0.2) is 0 Å². The Morgan fingerprint density at radius 1 is 0.600 bits per heavy atom. The van der Waals surface area contributed by atoms with Crippen LogP contribution in [-0.2, 0) is 19.2 Å². The van der Waals surface area contributed by atoms with E-state index in [1.165, 1.54) is 0 Å². The first-order valence-corrected chi connectivity index (χ1v) is 6.17. The lowest BCUT2D eigenvalue weighted by Gasteiger charge is -2.31. The van der Waals surface area contributed by atoms with Crippen LogP contribution < -0.4 is 0 Å². The zero-order chi connectivity index (χ0) is 15.4. The van der Waals surface area contributed by atoms with Gasteiger partial charge < -0.3 is 20.4 Å². The second-order valence-corrected chi connectivity index (χ2v) is 4.98. The van der Waals surface area contributed by atoms with Crippen LogP contribution >= 0.6 is 0 Å². The van der Waals surface area contributed by atoms with Crippen molar-refractivity contribution in [2.24, 2.45) is 23.7 Å². The molecule has 0 aliphatic heterocycles. The number of carboxylic acids is 4. The molecule has 8 nitrogen and oxygen atoms in total. The number of rotatable bonds is 6. The summed E-state index contributed by atoms with van der Waals surface area (Å²) in [7, 11) is 0. The summed E-state index contributed by atoms with van der Waals surface area (Å²) in [6, 6.07) is 0. The Balaban J connectivity index is 2.72. The van der Waals surface area contributed by atoms with Crippen LogP contribution in [0.4, 0.5) is 0 Å². The SMILES string of the molecule is O=C(O)C(C(=O)O)C1CCC(C(C(=O)O)C(=O)O)CC1. The van der Waals surface area contributed by atoms with Crippen molar-refractivity contribution >= 4 is 23.9 Å². The summed E-state index contributed by atoms with van der Waals surface area (Å²) in [5, 5.41) is 35.5. The molecule has 8 heteroatoms. The summed E-state index contributed by atoms with van der Waals surface area (Å²) < 4.78 is 0.